The minimum absolute atomic E-state index is 0.0211. The Hall–Kier alpha value is -3.40. The summed E-state index contributed by atoms with van der Waals surface area (Å²) in [5.74, 6) is -0.915. The number of nitrogens with zero attached hydrogens (tertiary/aromatic N) is 5. The number of piperidine rings is 1. The van der Waals surface area contributed by atoms with Crippen molar-refractivity contribution in [2.75, 3.05) is 23.3 Å². The first kappa shape index (κ1) is 19.9. The summed E-state index contributed by atoms with van der Waals surface area (Å²) in [6.45, 7) is 3.70. The molecule has 0 saturated carbocycles. The molecule has 154 valence electrons. The molecule has 9 nitrogen and oxygen atoms in total. The fourth-order valence-corrected chi connectivity index (χ4v) is 4.46. The van der Waals surface area contributed by atoms with Gasteiger partial charge in [0.15, 0.2) is 0 Å². The molecule has 30 heavy (non-hydrogen) atoms. The smallest absolute Gasteiger partial charge is 0.339 e. The Morgan fingerprint density at radius 2 is 1.97 bits per heavy atom. The van der Waals surface area contributed by atoms with Gasteiger partial charge in [-0.15, -0.1) is 11.3 Å². The topological polar surface area (TPSA) is 121 Å². The van der Waals surface area contributed by atoms with Crippen LogP contribution in [0, 0.1) is 6.92 Å². The second kappa shape index (κ2) is 8.54. The molecule has 0 unspecified atom stereocenters. The number of anilines is 2. The van der Waals surface area contributed by atoms with Gasteiger partial charge in [-0.1, -0.05) is 0 Å². The number of carboxylic acid groups (broad SMARTS) is 1. The van der Waals surface area contributed by atoms with Crippen molar-refractivity contribution in [1.29, 1.82) is 0 Å². The van der Waals surface area contributed by atoms with Gasteiger partial charge in [0, 0.05) is 30.2 Å². The van der Waals surface area contributed by atoms with Crippen LogP contribution in [0.2, 0.25) is 0 Å². The minimum Gasteiger partial charge on any atom is -0.478 e. The van der Waals surface area contributed by atoms with Crippen LogP contribution in [0.15, 0.2) is 30.0 Å². The van der Waals surface area contributed by atoms with Crippen LogP contribution in [-0.2, 0) is 0 Å². The number of aromatic carboxylic acids is 1. The molecule has 3 aromatic rings. The van der Waals surface area contributed by atoms with E-state index >= 15 is 0 Å². The predicted molar refractivity (Wildman–Crippen MR) is 113 cm³/mol. The number of aromatic nitrogens is 4. The van der Waals surface area contributed by atoms with Gasteiger partial charge in [-0.25, -0.2) is 14.8 Å². The molecule has 4 heterocycles. The molecule has 1 aliphatic heterocycles. The molecule has 1 saturated heterocycles. The van der Waals surface area contributed by atoms with E-state index in [9.17, 15) is 14.7 Å². The molecule has 0 radical (unpaired) electrons. The summed E-state index contributed by atoms with van der Waals surface area (Å²) in [4.78, 5) is 36.2. The normalized spacial score (nSPS) is 13.8. The van der Waals surface area contributed by atoms with Crippen LogP contribution in [0.1, 0.15) is 45.7 Å². The first-order chi connectivity index (χ1) is 14.5. The van der Waals surface area contributed by atoms with Crippen molar-refractivity contribution < 1.29 is 14.7 Å². The lowest BCUT2D eigenvalue weighted by Crippen LogP contribution is -2.31. The zero-order chi connectivity index (χ0) is 21.1. The van der Waals surface area contributed by atoms with Crippen molar-refractivity contribution in [3.8, 4) is 10.4 Å². The second-order valence-electron chi connectivity index (χ2n) is 6.96. The first-order valence-electron chi connectivity index (χ1n) is 9.56. The lowest BCUT2D eigenvalue weighted by atomic mass is 10.1. The van der Waals surface area contributed by atoms with Crippen molar-refractivity contribution in [2.24, 2.45) is 0 Å². The summed E-state index contributed by atoms with van der Waals surface area (Å²) < 4.78 is 0. The van der Waals surface area contributed by atoms with Crippen LogP contribution < -0.4 is 10.2 Å². The zero-order valence-electron chi connectivity index (χ0n) is 16.3. The highest BCUT2D eigenvalue weighted by atomic mass is 32.1. The third-order valence-corrected chi connectivity index (χ3v) is 5.96. The third kappa shape index (κ3) is 3.99. The lowest BCUT2D eigenvalue weighted by molar-refractivity contribution is 0.0699. The lowest BCUT2D eigenvalue weighted by Gasteiger charge is -2.26. The highest BCUT2D eigenvalue weighted by Gasteiger charge is 2.24. The molecule has 2 N–H and O–H groups in total. The van der Waals surface area contributed by atoms with Gasteiger partial charge < -0.3 is 15.3 Å². The number of hydrogen-bond acceptors (Lipinski definition) is 8. The maximum Gasteiger partial charge on any atom is 0.339 e. The van der Waals surface area contributed by atoms with E-state index in [0.29, 0.717) is 27.6 Å². The van der Waals surface area contributed by atoms with E-state index in [1.807, 2.05) is 6.92 Å². The van der Waals surface area contributed by atoms with Crippen molar-refractivity contribution >= 4 is 34.8 Å². The zero-order valence-corrected chi connectivity index (χ0v) is 17.1. The Labute approximate surface area is 176 Å². The molecule has 0 spiro atoms. The van der Waals surface area contributed by atoms with Crippen LogP contribution >= 0.6 is 11.3 Å². The largest absolute Gasteiger partial charge is 0.478 e. The number of carboxylic acids is 1. The Morgan fingerprint density at radius 1 is 1.17 bits per heavy atom. The van der Waals surface area contributed by atoms with Gasteiger partial charge in [0.25, 0.3) is 5.91 Å². The van der Waals surface area contributed by atoms with Crippen molar-refractivity contribution in [2.45, 2.75) is 26.2 Å². The average Bonchev–Trinajstić information content (AvgIpc) is 3.18. The molecule has 0 atom stereocenters. The van der Waals surface area contributed by atoms with Gasteiger partial charge in [0.1, 0.15) is 5.56 Å². The van der Waals surface area contributed by atoms with Crippen molar-refractivity contribution in [3.05, 3.63) is 46.9 Å². The van der Waals surface area contributed by atoms with Crippen LogP contribution in [-0.4, -0.2) is 50.2 Å². The van der Waals surface area contributed by atoms with Gasteiger partial charge in [0.05, 0.1) is 34.2 Å². The molecule has 4 rings (SSSR count). The number of carbonyl (C=O) groups is 2. The van der Waals surface area contributed by atoms with Gasteiger partial charge in [-0.2, -0.15) is 10.2 Å². The van der Waals surface area contributed by atoms with Gasteiger partial charge >= 0.3 is 5.97 Å². The Balaban J connectivity index is 1.64. The van der Waals surface area contributed by atoms with E-state index in [1.165, 1.54) is 36.2 Å². The van der Waals surface area contributed by atoms with Gasteiger partial charge in [0.2, 0.25) is 5.95 Å². The summed E-state index contributed by atoms with van der Waals surface area (Å²) in [5.41, 5.74) is 1.88. The maximum atomic E-state index is 12.4. The summed E-state index contributed by atoms with van der Waals surface area (Å²) >= 11 is 1.23. The highest BCUT2D eigenvalue weighted by Crippen LogP contribution is 2.37. The van der Waals surface area contributed by atoms with E-state index in [-0.39, 0.29) is 11.3 Å². The molecule has 1 fully saturated rings. The van der Waals surface area contributed by atoms with Crippen molar-refractivity contribution in [1.82, 2.24) is 20.2 Å². The number of amides is 1. The average molecular weight is 424 g/mol. The number of aryl methyl sites for hydroxylation is 1. The van der Waals surface area contributed by atoms with E-state index < -0.39 is 11.9 Å². The molecule has 3 aromatic heterocycles. The molecule has 0 aliphatic carbocycles. The number of rotatable bonds is 5. The monoisotopic (exact) mass is 424 g/mol. The SMILES string of the molecule is Cc1nc(N2CCCCC2)ncc1-c1scc(NC(=O)c2ccnnc2)c1C(=O)O. The third-order valence-electron chi connectivity index (χ3n) is 4.95. The Kier molecular flexibility index (Phi) is 5.66. The van der Waals surface area contributed by atoms with Gasteiger partial charge in [-0.3, -0.25) is 4.79 Å². The quantitative estimate of drug-likeness (QED) is 0.640. The van der Waals surface area contributed by atoms with Crippen LogP contribution in [0.4, 0.5) is 11.6 Å². The van der Waals surface area contributed by atoms with Crippen LogP contribution in [0.3, 0.4) is 0 Å². The van der Waals surface area contributed by atoms with Crippen molar-refractivity contribution in [3.63, 3.8) is 0 Å². The molecule has 1 amide bonds. The van der Waals surface area contributed by atoms with Gasteiger partial charge in [-0.05, 0) is 32.3 Å². The maximum absolute atomic E-state index is 12.4. The number of carbonyl (C=O) groups excluding carboxylic acids is 1. The second-order valence-corrected chi connectivity index (χ2v) is 7.84. The summed E-state index contributed by atoms with van der Waals surface area (Å²) in [7, 11) is 0. The number of nitrogens with one attached hydrogen (secondary N) is 1. The molecule has 1 aliphatic rings. The minimum atomic E-state index is -1.13. The summed E-state index contributed by atoms with van der Waals surface area (Å²) in [6.07, 6.45) is 7.84. The van der Waals surface area contributed by atoms with E-state index in [1.54, 1.807) is 11.6 Å². The molecule has 0 aromatic carbocycles. The summed E-state index contributed by atoms with van der Waals surface area (Å²) in [5, 5.41) is 21.4. The standard InChI is InChI=1S/C20H20N6O3S/c1-12-14(10-21-20(24-12)26-7-3-2-4-8-26)17-16(19(28)29)15(11-30-17)25-18(27)13-5-6-22-23-9-13/h5-6,9-11H,2-4,7-8H2,1H3,(H,25,27)(H,28,29). The van der Waals surface area contributed by atoms with Crippen LogP contribution in [0.25, 0.3) is 10.4 Å². The molecule has 0 bridgehead atoms. The van der Waals surface area contributed by atoms with E-state index in [4.69, 9.17) is 0 Å². The Morgan fingerprint density at radius 3 is 2.63 bits per heavy atom. The van der Waals surface area contributed by atoms with E-state index in [2.05, 4.69) is 30.4 Å². The molecule has 10 heteroatoms. The number of hydrogen-bond donors (Lipinski definition) is 2. The fraction of sp³-hybridized carbons (Fsp3) is 0.300. The predicted octanol–water partition coefficient (Wildman–Crippen LogP) is 3.24. The van der Waals surface area contributed by atoms with E-state index in [0.717, 1.165) is 25.9 Å². The summed E-state index contributed by atoms with van der Waals surface area (Å²) in [6, 6.07) is 1.51. The first-order valence-corrected chi connectivity index (χ1v) is 10.4. The van der Waals surface area contributed by atoms with Crippen LogP contribution in [0.5, 0.6) is 0 Å². The fourth-order valence-electron chi connectivity index (χ4n) is 3.40. The highest BCUT2D eigenvalue weighted by molar-refractivity contribution is 7.14. The molecular formula is C20H20N6O3S. The number of thiophene rings is 1. The molecular weight excluding hydrogens is 404 g/mol. The Bertz CT molecular complexity index is 1080.